The third-order valence-electron chi connectivity index (χ3n) is 3.33. The Morgan fingerprint density at radius 2 is 1.96 bits per heavy atom. The van der Waals surface area contributed by atoms with Gasteiger partial charge in [0.25, 0.3) is 5.91 Å². The predicted octanol–water partition coefficient (Wildman–Crippen LogP) is 4.20. The number of benzene rings is 1. The van der Waals surface area contributed by atoms with Gasteiger partial charge in [-0.15, -0.1) is 0 Å². The second-order valence-corrected chi connectivity index (χ2v) is 6.91. The van der Waals surface area contributed by atoms with E-state index in [-0.39, 0.29) is 5.91 Å². The molecular weight excluding hydrogens is 444 g/mol. The summed E-state index contributed by atoms with van der Waals surface area (Å²) in [6, 6.07) is 3.80. The zero-order valence-electron chi connectivity index (χ0n) is 12.8. The highest BCUT2D eigenvalue weighted by molar-refractivity contribution is 9.11. The first-order valence-electron chi connectivity index (χ1n) is 6.94. The van der Waals surface area contributed by atoms with E-state index in [0.717, 1.165) is 14.5 Å². The van der Waals surface area contributed by atoms with Gasteiger partial charge < -0.3 is 9.64 Å². The predicted molar refractivity (Wildman–Crippen MR) is 103 cm³/mol. The van der Waals surface area contributed by atoms with Crippen LogP contribution in [0.2, 0.25) is 0 Å². The lowest BCUT2D eigenvalue weighted by Gasteiger charge is -2.13. The molecule has 0 saturated carbocycles. The van der Waals surface area contributed by atoms with Crippen molar-refractivity contribution < 1.29 is 9.53 Å². The summed E-state index contributed by atoms with van der Waals surface area (Å²) in [7, 11) is 1.80. The Bertz CT molecular complexity index is 680. The molecule has 0 bridgehead atoms. The largest absolute Gasteiger partial charge is 0.487 e. The van der Waals surface area contributed by atoms with E-state index in [1.54, 1.807) is 22.9 Å². The Balaban J connectivity index is 2.38. The standard InChI is InChI=1S/C16H16Br2N2O2S/c1-4-6-22-14-11(17)7-10(8-12(14)18)9-13-15(21)20(5-2)16(23)19(13)3/h4,7-9H,1,5-6H2,2-3H3. The lowest BCUT2D eigenvalue weighted by Crippen LogP contribution is -2.30. The van der Waals surface area contributed by atoms with Crippen molar-refractivity contribution in [1.29, 1.82) is 0 Å². The molecule has 7 heteroatoms. The number of hydrogen-bond donors (Lipinski definition) is 0. The third-order valence-corrected chi connectivity index (χ3v) is 5.00. The van der Waals surface area contributed by atoms with Gasteiger partial charge in [0.15, 0.2) is 5.11 Å². The van der Waals surface area contributed by atoms with Gasteiger partial charge in [-0.1, -0.05) is 12.7 Å². The summed E-state index contributed by atoms with van der Waals surface area (Å²) >= 11 is 12.3. The quantitative estimate of drug-likeness (QED) is 0.375. The topological polar surface area (TPSA) is 32.8 Å². The molecule has 1 amide bonds. The van der Waals surface area contributed by atoms with Crippen LogP contribution in [0, 0.1) is 0 Å². The van der Waals surface area contributed by atoms with Crippen molar-refractivity contribution in [2.24, 2.45) is 0 Å². The second kappa shape index (κ2) is 7.59. The van der Waals surface area contributed by atoms with Gasteiger partial charge in [0, 0.05) is 13.6 Å². The Hall–Kier alpha value is -1.18. The van der Waals surface area contributed by atoms with Crippen molar-refractivity contribution in [3.8, 4) is 5.75 Å². The molecule has 0 atom stereocenters. The van der Waals surface area contributed by atoms with Crippen LogP contribution in [0.3, 0.4) is 0 Å². The van der Waals surface area contributed by atoms with Crippen molar-refractivity contribution >= 4 is 61.2 Å². The molecule has 4 nitrogen and oxygen atoms in total. The van der Waals surface area contributed by atoms with E-state index in [4.69, 9.17) is 17.0 Å². The fourth-order valence-corrected chi connectivity index (χ4v) is 3.95. The fraction of sp³-hybridized carbons (Fsp3) is 0.250. The van der Waals surface area contributed by atoms with Gasteiger partial charge in [-0.3, -0.25) is 9.69 Å². The molecule has 2 rings (SSSR count). The highest BCUT2D eigenvalue weighted by Crippen LogP contribution is 2.36. The van der Waals surface area contributed by atoms with Gasteiger partial charge in [-0.2, -0.15) is 0 Å². The molecule has 1 aliphatic rings. The van der Waals surface area contributed by atoms with Crippen LogP contribution in [0.1, 0.15) is 12.5 Å². The van der Waals surface area contributed by atoms with E-state index in [2.05, 4.69) is 38.4 Å². The lowest BCUT2D eigenvalue weighted by atomic mass is 10.1. The first kappa shape index (κ1) is 18.2. The summed E-state index contributed by atoms with van der Waals surface area (Å²) in [4.78, 5) is 15.7. The van der Waals surface area contributed by atoms with E-state index in [1.807, 2.05) is 25.1 Å². The van der Waals surface area contributed by atoms with Crippen molar-refractivity contribution in [1.82, 2.24) is 9.80 Å². The minimum absolute atomic E-state index is 0.0840. The zero-order chi connectivity index (χ0) is 17.1. The Morgan fingerprint density at radius 1 is 1.35 bits per heavy atom. The van der Waals surface area contributed by atoms with Gasteiger partial charge in [-0.05, 0) is 74.8 Å². The average molecular weight is 460 g/mol. The van der Waals surface area contributed by atoms with Crippen LogP contribution in [0.15, 0.2) is 39.4 Å². The molecule has 1 aromatic rings. The minimum atomic E-state index is -0.0840. The van der Waals surface area contributed by atoms with Gasteiger partial charge in [0.05, 0.1) is 8.95 Å². The third kappa shape index (κ3) is 3.67. The van der Waals surface area contributed by atoms with E-state index in [9.17, 15) is 4.79 Å². The van der Waals surface area contributed by atoms with E-state index in [0.29, 0.717) is 29.7 Å². The minimum Gasteiger partial charge on any atom is -0.487 e. The normalized spacial score (nSPS) is 16.4. The maximum atomic E-state index is 12.4. The highest BCUT2D eigenvalue weighted by Gasteiger charge is 2.34. The van der Waals surface area contributed by atoms with Crippen molar-refractivity contribution in [3.05, 3.63) is 45.0 Å². The molecule has 1 aromatic carbocycles. The highest BCUT2D eigenvalue weighted by atomic mass is 79.9. The molecule has 1 fully saturated rings. The summed E-state index contributed by atoms with van der Waals surface area (Å²) in [5.41, 5.74) is 1.42. The number of ether oxygens (including phenoxy) is 1. The fourth-order valence-electron chi connectivity index (χ4n) is 2.19. The molecule has 0 N–H and O–H groups in total. The molecule has 0 unspecified atom stereocenters. The van der Waals surface area contributed by atoms with Gasteiger partial charge >= 0.3 is 0 Å². The number of likely N-dealkylation sites (N-methyl/N-ethyl adjacent to an activating group) is 2. The van der Waals surface area contributed by atoms with Crippen molar-refractivity contribution in [2.45, 2.75) is 6.92 Å². The van der Waals surface area contributed by atoms with E-state index < -0.39 is 0 Å². The number of carbonyl (C=O) groups is 1. The molecular formula is C16H16Br2N2O2S. The Kier molecular flexibility index (Phi) is 6.00. The molecule has 122 valence electrons. The maximum absolute atomic E-state index is 12.4. The molecule has 1 aliphatic heterocycles. The molecule has 0 aromatic heterocycles. The number of hydrogen-bond acceptors (Lipinski definition) is 3. The van der Waals surface area contributed by atoms with Crippen LogP contribution in [0.5, 0.6) is 5.75 Å². The maximum Gasteiger partial charge on any atom is 0.276 e. The smallest absolute Gasteiger partial charge is 0.276 e. The van der Waals surface area contributed by atoms with Gasteiger partial charge in [-0.25, -0.2) is 0 Å². The first-order chi connectivity index (χ1) is 10.9. The molecule has 1 heterocycles. The summed E-state index contributed by atoms with van der Waals surface area (Å²) in [6.07, 6.45) is 3.50. The monoisotopic (exact) mass is 458 g/mol. The summed E-state index contributed by atoms with van der Waals surface area (Å²) < 4.78 is 7.19. The van der Waals surface area contributed by atoms with Crippen LogP contribution < -0.4 is 4.74 Å². The Labute approximate surface area is 158 Å². The van der Waals surface area contributed by atoms with Crippen molar-refractivity contribution in [3.63, 3.8) is 0 Å². The average Bonchev–Trinajstić information content (AvgIpc) is 2.70. The number of amides is 1. The van der Waals surface area contributed by atoms with Crippen molar-refractivity contribution in [2.75, 3.05) is 20.2 Å². The summed E-state index contributed by atoms with van der Waals surface area (Å²) in [5, 5.41) is 0.521. The van der Waals surface area contributed by atoms with E-state index >= 15 is 0 Å². The number of halogens is 2. The summed E-state index contributed by atoms with van der Waals surface area (Å²) in [6.45, 7) is 6.51. The molecule has 1 saturated heterocycles. The first-order valence-corrected chi connectivity index (χ1v) is 8.94. The number of thiocarbonyl (C=S) groups is 1. The van der Waals surface area contributed by atoms with Crippen LogP contribution in [-0.2, 0) is 4.79 Å². The van der Waals surface area contributed by atoms with E-state index in [1.165, 1.54) is 0 Å². The number of nitrogens with zero attached hydrogens (tertiary/aromatic N) is 2. The zero-order valence-corrected chi connectivity index (χ0v) is 16.8. The Morgan fingerprint density at radius 3 is 2.43 bits per heavy atom. The van der Waals surface area contributed by atoms with Gasteiger partial charge in [0.2, 0.25) is 0 Å². The number of rotatable bonds is 5. The SMILES string of the molecule is C=CCOc1c(Br)cc(C=C2C(=O)N(CC)C(=S)N2C)cc1Br. The molecule has 0 aliphatic carbocycles. The molecule has 0 spiro atoms. The molecule has 23 heavy (non-hydrogen) atoms. The van der Waals surface area contributed by atoms with Crippen LogP contribution in [-0.4, -0.2) is 41.0 Å². The van der Waals surface area contributed by atoms with Crippen LogP contribution in [0.4, 0.5) is 0 Å². The second-order valence-electron chi connectivity index (χ2n) is 4.83. The summed E-state index contributed by atoms with van der Waals surface area (Å²) in [5.74, 6) is 0.614. The van der Waals surface area contributed by atoms with Crippen LogP contribution in [0.25, 0.3) is 6.08 Å². The number of carbonyl (C=O) groups excluding carboxylic acids is 1. The lowest BCUT2D eigenvalue weighted by molar-refractivity contribution is -0.122. The molecule has 0 radical (unpaired) electrons. The van der Waals surface area contributed by atoms with Gasteiger partial charge in [0.1, 0.15) is 18.1 Å². The van der Waals surface area contributed by atoms with Crippen LogP contribution >= 0.6 is 44.1 Å².